The smallest absolute Gasteiger partial charge is 0.187 e. The van der Waals surface area contributed by atoms with Gasteiger partial charge in [-0.25, -0.2) is 0 Å². The molecule has 3 saturated carbocycles. The van der Waals surface area contributed by atoms with E-state index in [1.165, 1.54) is 31.8 Å². The highest BCUT2D eigenvalue weighted by molar-refractivity contribution is 5.26. The molecule has 0 aromatic heterocycles. The minimum absolute atomic E-state index is 0.0757. The summed E-state index contributed by atoms with van der Waals surface area (Å²) in [4.78, 5) is 0. The Morgan fingerprint density at radius 2 is 1.57 bits per heavy atom. The fraction of sp³-hybridized carbons (Fsp3) is 0.949. The zero-order valence-electron chi connectivity index (χ0n) is 30.9. The Labute approximate surface area is 301 Å². The Kier molecular flexibility index (Phi) is 9.83. The second-order valence-corrected chi connectivity index (χ2v) is 18.3. The minimum Gasteiger partial charge on any atom is -0.394 e. The fourth-order valence-corrected chi connectivity index (χ4v) is 12.6. The topological polar surface area (TPSA) is 177 Å². The van der Waals surface area contributed by atoms with Crippen molar-refractivity contribution in [3.05, 3.63) is 11.6 Å². The molecule has 4 saturated heterocycles. The zero-order chi connectivity index (χ0) is 36.2. The number of fused-ring (bicyclic) bond motifs is 7. The molecule has 290 valence electrons. The summed E-state index contributed by atoms with van der Waals surface area (Å²) in [6.07, 6.45) is -1.53. The molecule has 7 unspecified atom stereocenters. The maximum Gasteiger partial charge on any atom is 0.187 e. The van der Waals surface area contributed by atoms with Gasteiger partial charge in [0.05, 0.1) is 31.5 Å². The van der Waals surface area contributed by atoms with Gasteiger partial charge < -0.3 is 59.1 Å². The van der Waals surface area contributed by atoms with E-state index >= 15 is 0 Å². The summed E-state index contributed by atoms with van der Waals surface area (Å²) in [6, 6.07) is 0. The van der Waals surface area contributed by atoms with E-state index in [2.05, 4.69) is 33.8 Å². The predicted octanol–water partition coefficient (Wildman–Crippen LogP) is 2.39. The highest BCUT2D eigenvalue weighted by Gasteiger charge is 2.68. The zero-order valence-corrected chi connectivity index (χ0v) is 30.9. The molecule has 21 atom stereocenters. The third kappa shape index (κ3) is 5.84. The van der Waals surface area contributed by atoms with E-state index in [-0.39, 0.29) is 23.0 Å². The SMILES string of the molecule is CC1C2C(CC3[C@@H]4CC=C5CC(O[C@@H]6O[C@H](CO)[C@@H](O[C@@H]7O[C@H](C)[C@H](O)[C@@H](O)[C@H]7O)[C@@H](O)[C@H]6O)CC[C@]5(C)C4CC[C@]23C)OC12CC[C@H](C)CO2. The lowest BCUT2D eigenvalue weighted by Crippen LogP contribution is -2.64. The van der Waals surface area contributed by atoms with E-state index in [4.69, 9.17) is 28.4 Å². The van der Waals surface area contributed by atoms with E-state index in [9.17, 15) is 30.6 Å². The van der Waals surface area contributed by atoms with Gasteiger partial charge in [0.1, 0.15) is 42.7 Å². The van der Waals surface area contributed by atoms with Gasteiger partial charge in [-0.15, -0.1) is 0 Å². The second kappa shape index (κ2) is 13.5. The molecule has 7 fully saturated rings. The third-order valence-corrected chi connectivity index (χ3v) is 15.6. The fourth-order valence-electron chi connectivity index (χ4n) is 12.6. The highest BCUT2D eigenvalue weighted by atomic mass is 16.7. The van der Waals surface area contributed by atoms with Crippen LogP contribution in [0.2, 0.25) is 0 Å². The Bertz CT molecular complexity index is 1300. The molecule has 51 heavy (non-hydrogen) atoms. The molecule has 0 aromatic carbocycles. The van der Waals surface area contributed by atoms with Crippen LogP contribution >= 0.6 is 0 Å². The third-order valence-electron chi connectivity index (χ3n) is 15.6. The summed E-state index contributed by atoms with van der Waals surface area (Å²) in [6.45, 7) is 11.5. The average molecular weight is 723 g/mol. The van der Waals surface area contributed by atoms with Gasteiger partial charge in [0.25, 0.3) is 0 Å². The molecule has 1 spiro atoms. The van der Waals surface area contributed by atoms with Gasteiger partial charge in [-0.1, -0.05) is 39.3 Å². The molecule has 4 heterocycles. The molecule has 8 rings (SSSR count). The van der Waals surface area contributed by atoms with Gasteiger partial charge in [0.2, 0.25) is 0 Å². The summed E-state index contributed by atoms with van der Waals surface area (Å²) < 4.78 is 37.1. The first-order chi connectivity index (χ1) is 24.2. The van der Waals surface area contributed by atoms with Crippen LogP contribution in [0.3, 0.4) is 0 Å². The highest BCUT2D eigenvalue weighted by Crippen LogP contribution is 2.70. The Balaban J connectivity index is 0.915. The Hall–Kier alpha value is -0.740. The summed E-state index contributed by atoms with van der Waals surface area (Å²) >= 11 is 0. The molecule has 4 aliphatic carbocycles. The van der Waals surface area contributed by atoms with Crippen molar-refractivity contribution in [2.75, 3.05) is 13.2 Å². The predicted molar refractivity (Wildman–Crippen MR) is 182 cm³/mol. The molecule has 0 bridgehead atoms. The molecule has 12 heteroatoms. The monoisotopic (exact) mass is 722 g/mol. The van der Waals surface area contributed by atoms with E-state index in [1.54, 1.807) is 0 Å². The summed E-state index contributed by atoms with van der Waals surface area (Å²) in [7, 11) is 0. The van der Waals surface area contributed by atoms with Crippen LogP contribution in [-0.2, 0) is 28.4 Å². The number of allylic oxidation sites excluding steroid dienone is 1. The molecule has 0 radical (unpaired) electrons. The molecule has 8 aliphatic rings. The normalized spacial score (nSPS) is 58.4. The van der Waals surface area contributed by atoms with Crippen molar-refractivity contribution in [1.82, 2.24) is 0 Å². The first-order valence-corrected chi connectivity index (χ1v) is 19.8. The molecule has 6 N–H and O–H groups in total. The molecule has 0 aromatic rings. The van der Waals surface area contributed by atoms with E-state index in [0.717, 1.165) is 45.1 Å². The van der Waals surface area contributed by atoms with Crippen LogP contribution in [0, 0.1) is 46.3 Å². The standard InChI is InChI=1S/C39H62O12/c1-18-8-13-39(46-17-18)19(2)28-26(51-39)15-25-23-7-6-21-14-22(9-11-37(21,4)24(23)10-12-38(25,28)5)48-36-33(45)31(43)34(27(16-40)49-36)50-35-32(44)30(42)29(41)20(3)47-35/h6,18-20,22-36,40-45H,7-17H2,1-5H3/t18-,19?,20+,22?,23+,24?,25?,26?,27+,28?,29-,30+,31-,32+,33+,34+,35-,36+,37-,38-,39?/m0/s1. The van der Waals surface area contributed by atoms with Gasteiger partial charge in [-0.3, -0.25) is 0 Å². The first kappa shape index (κ1) is 37.2. The van der Waals surface area contributed by atoms with E-state index in [1.807, 2.05) is 0 Å². The lowest BCUT2D eigenvalue weighted by molar-refractivity contribution is -0.360. The van der Waals surface area contributed by atoms with Crippen LogP contribution in [0.15, 0.2) is 11.6 Å². The van der Waals surface area contributed by atoms with Crippen molar-refractivity contribution in [3.63, 3.8) is 0 Å². The van der Waals surface area contributed by atoms with Crippen molar-refractivity contribution in [3.8, 4) is 0 Å². The molecule has 0 amide bonds. The van der Waals surface area contributed by atoms with Crippen molar-refractivity contribution in [1.29, 1.82) is 0 Å². The average Bonchev–Trinajstić information content (AvgIpc) is 3.56. The van der Waals surface area contributed by atoms with Crippen molar-refractivity contribution >= 4 is 0 Å². The number of aliphatic hydroxyl groups excluding tert-OH is 6. The van der Waals surface area contributed by atoms with E-state index < -0.39 is 73.8 Å². The summed E-state index contributed by atoms with van der Waals surface area (Å²) in [5, 5.41) is 63.1. The van der Waals surface area contributed by atoms with Crippen LogP contribution in [0.1, 0.15) is 92.4 Å². The summed E-state index contributed by atoms with van der Waals surface area (Å²) in [5.41, 5.74) is 1.75. The van der Waals surface area contributed by atoms with Gasteiger partial charge in [-0.05, 0) is 98.7 Å². The number of hydrogen-bond acceptors (Lipinski definition) is 12. The largest absolute Gasteiger partial charge is 0.394 e. The number of rotatable bonds is 5. The maximum absolute atomic E-state index is 11.1. The van der Waals surface area contributed by atoms with Crippen LogP contribution in [0.25, 0.3) is 0 Å². The number of hydrogen-bond donors (Lipinski definition) is 6. The van der Waals surface area contributed by atoms with Gasteiger partial charge in [0, 0.05) is 12.3 Å². The Morgan fingerprint density at radius 3 is 2.29 bits per heavy atom. The molecular formula is C39H62O12. The van der Waals surface area contributed by atoms with E-state index in [0.29, 0.717) is 35.5 Å². The lowest BCUT2D eigenvalue weighted by atomic mass is 9.47. The van der Waals surface area contributed by atoms with Crippen LogP contribution in [0.4, 0.5) is 0 Å². The molecular weight excluding hydrogens is 660 g/mol. The van der Waals surface area contributed by atoms with Crippen molar-refractivity contribution in [2.24, 2.45) is 46.3 Å². The Morgan fingerprint density at radius 1 is 0.824 bits per heavy atom. The van der Waals surface area contributed by atoms with Crippen molar-refractivity contribution < 1.29 is 59.1 Å². The second-order valence-electron chi connectivity index (χ2n) is 18.3. The molecule has 4 aliphatic heterocycles. The lowest BCUT2D eigenvalue weighted by Gasteiger charge is -2.58. The number of aliphatic hydroxyl groups is 6. The maximum atomic E-state index is 11.1. The molecule has 12 nitrogen and oxygen atoms in total. The van der Waals surface area contributed by atoms with Gasteiger partial charge in [-0.2, -0.15) is 0 Å². The van der Waals surface area contributed by atoms with Gasteiger partial charge in [0.15, 0.2) is 18.4 Å². The summed E-state index contributed by atoms with van der Waals surface area (Å²) in [5.74, 6) is 2.99. The van der Waals surface area contributed by atoms with Crippen LogP contribution in [0.5, 0.6) is 0 Å². The van der Waals surface area contributed by atoms with Crippen molar-refractivity contribution in [2.45, 2.75) is 172 Å². The number of ether oxygens (including phenoxy) is 6. The first-order valence-electron chi connectivity index (χ1n) is 19.8. The quantitative estimate of drug-likeness (QED) is 0.229. The van der Waals surface area contributed by atoms with Crippen LogP contribution in [-0.4, -0.2) is 123 Å². The van der Waals surface area contributed by atoms with Gasteiger partial charge >= 0.3 is 0 Å². The minimum atomic E-state index is -1.61. The van der Waals surface area contributed by atoms with Crippen LogP contribution < -0.4 is 0 Å².